The molecular formula is C14H12N4O2. The SMILES string of the molecule is O=C(NCc1ncc[nH]1)c1cc(=O)[nH]c2ccccc12. The van der Waals surface area contributed by atoms with Crippen LogP contribution in [0.25, 0.3) is 10.9 Å². The molecule has 0 saturated heterocycles. The van der Waals surface area contributed by atoms with Gasteiger partial charge in [-0.25, -0.2) is 4.98 Å². The van der Waals surface area contributed by atoms with E-state index in [0.29, 0.717) is 22.3 Å². The Balaban J connectivity index is 1.93. The van der Waals surface area contributed by atoms with Crippen LogP contribution in [0.5, 0.6) is 0 Å². The van der Waals surface area contributed by atoms with E-state index in [9.17, 15) is 9.59 Å². The van der Waals surface area contributed by atoms with E-state index < -0.39 is 0 Å². The van der Waals surface area contributed by atoms with Crippen molar-refractivity contribution in [2.45, 2.75) is 6.54 Å². The second-order valence-corrected chi connectivity index (χ2v) is 4.31. The molecule has 0 atom stereocenters. The first kappa shape index (κ1) is 12.2. The number of imidazole rings is 1. The molecule has 1 aromatic carbocycles. The van der Waals surface area contributed by atoms with Gasteiger partial charge in [0.2, 0.25) is 5.56 Å². The summed E-state index contributed by atoms with van der Waals surface area (Å²) >= 11 is 0. The van der Waals surface area contributed by atoms with E-state index in [1.54, 1.807) is 24.5 Å². The molecule has 100 valence electrons. The number of para-hydroxylation sites is 1. The van der Waals surface area contributed by atoms with Gasteiger partial charge in [-0.2, -0.15) is 0 Å². The highest BCUT2D eigenvalue weighted by Crippen LogP contribution is 2.14. The largest absolute Gasteiger partial charge is 0.347 e. The number of fused-ring (bicyclic) bond motifs is 1. The fourth-order valence-electron chi connectivity index (χ4n) is 2.05. The van der Waals surface area contributed by atoms with E-state index in [2.05, 4.69) is 20.3 Å². The Kier molecular flexibility index (Phi) is 3.04. The first-order chi connectivity index (χ1) is 9.74. The normalized spacial score (nSPS) is 10.6. The Labute approximate surface area is 113 Å². The number of nitrogens with zero attached hydrogens (tertiary/aromatic N) is 1. The van der Waals surface area contributed by atoms with Crippen molar-refractivity contribution >= 4 is 16.8 Å². The number of carbonyl (C=O) groups excluding carboxylic acids is 1. The molecule has 6 nitrogen and oxygen atoms in total. The maximum Gasteiger partial charge on any atom is 0.252 e. The molecule has 6 heteroatoms. The lowest BCUT2D eigenvalue weighted by molar-refractivity contribution is 0.0951. The van der Waals surface area contributed by atoms with Crippen LogP contribution < -0.4 is 10.9 Å². The van der Waals surface area contributed by atoms with Crippen molar-refractivity contribution in [1.29, 1.82) is 0 Å². The Bertz CT molecular complexity index is 805. The summed E-state index contributed by atoms with van der Waals surface area (Å²) in [7, 11) is 0. The number of hydrogen-bond acceptors (Lipinski definition) is 3. The molecule has 0 bridgehead atoms. The highest BCUT2D eigenvalue weighted by Gasteiger charge is 2.11. The number of carbonyl (C=O) groups is 1. The van der Waals surface area contributed by atoms with Gasteiger partial charge in [0, 0.05) is 29.4 Å². The first-order valence-electron chi connectivity index (χ1n) is 6.12. The number of benzene rings is 1. The van der Waals surface area contributed by atoms with Gasteiger partial charge in [0.1, 0.15) is 5.82 Å². The number of amides is 1. The summed E-state index contributed by atoms with van der Waals surface area (Å²) in [4.78, 5) is 33.4. The molecule has 3 aromatic rings. The molecular weight excluding hydrogens is 256 g/mol. The molecule has 0 radical (unpaired) electrons. The quantitative estimate of drug-likeness (QED) is 0.666. The summed E-state index contributed by atoms with van der Waals surface area (Å²) in [5, 5.41) is 3.45. The molecule has 3 rings (SSSR count). The molecule has 0 aliphatic carbocycles. The fourth-order valence-corrected chi connectivity index (χ4v) is 2.05. The number of rotatable bonds is 3. The van der Waals surface area contributed by atoms with E-state index in [0.717, 1.165) is 0 Å². The van der Waals surface area contributed by atoms with Gasteiger partial charge in [-0.3, -0.25) is 9.59 Å². The zero-order valence-corrected chi connectivity index (χ0v) is 10.5. The van der Waals surface area contributed by atoms with Crippen LogP contribution in [0.4, 0.5) is 0 Å². The molecule has 0 fully saturated rings. The molecule has 20 heavy (non-hydrogen) atoms. The predicted molar refractivity (Wildman–Crippen MR) is 74.3 cm³/mol. The molecule has 1 amide bonds. The minimum absolute atomic E-state index is 0.285. The van der Waals surface area contributed by atoms with Crippen molar-refractivity contribution in [2.75, 3.05) is 0 Å². The van der Waals surface area contributed by atoms with Crippen LogP contribution in [0, 0.1) is 0 Å². The minimum atomic E-state index is -0.302. The van der Waals surface area contributed by atoms with Crippen LogP contribution in [0.2, 0.25) is 0 Å². The molecule has 0 unspecified atom stereocenters. The second-order valence-electron chi connectivity index (χ2n) is 4.31. The van der Waals surface area contributed by atoms with Gasteiger partial charge in [-0.1, -0.05) is 18.2 Å². The van der Waals surface area contributed by atoms with Crippen LogP contribution >= 0.6 is 0 Å². The number of nitrogens with one attached hydrogen (secondary N) is 3. The minimum Gasteiger partial charge on any atom is -0.347 e. The third-order valence-electron chi connectivity index (χ3n) is 2.97. The van der Waals surface area contributed by atoms with Gasteiger partial charge < -0.3 is 15.3 Å². The predicted octanol–water partition coefficient (Wildman–Crippen LogP) is 1.18. The van der Waals surface area contributed by atoms with Gasteiger partial charge in [-0.05, 0) is 6.07 Å². The molecule has 2 aromatic heterocycles. The van der Waals surface area contributed by atoms with Crippen molar-refractivity contribution in [3.8, 4) is 0 Å². The Morgan fingerprint density at radius 2 is 2.15 bits per heavy atom. The lowest BCUT2D eigenvalue weighted by atomic mass is 10.1. The van der Waals surface area contributed by atoms with Crippen molar-refractivity contribution in [3.05, 3.63) is 64.5 Å². The highest BCUT2D eigenvalue weighted by atomic mass is 16.2. The third kappa shape index (κ3) is 2.31. The number of H-pyrrole nitrogens is 2. The topological polar surface area (TPSA) is 90.6 Å². The molecule has 0 saturated carbocycles. The van der Waals surface area contributed by atoms with E-state index in [4.69, 9.17) is 0 Å². The number of hydrogen-bond donors (Lipinski definition) is 3. The van der Waals surface area contributed by atoms with Crippen molar-refractivity contribution in [3.63, 3.8) is 0 Å². The van der Waals surface area contributed by atoms with Gasteiger partial charge in [0.15, 0.2) is 0 Å². The molecule has 0 aliphatic rings. The number of aromatic nitrogens is 3. The van der Waals surface area contributed by atoms with E-state index in [1.165, 1.54) is 6.07 Å². The van der Waals surface area contributed by atoms with Crippen LogP contribution in [0.1, 0.15) is 16.2 Å². The molecule has 0 spiro atoms. The average Bonchev–Trinajstić information content (AvgIpc) is 2.97. The van der Waals surface area contributed by atoms with Crippen molar-refractivity contribution < 1.29 is 4.79 Å². The average molecular weight is 268 g/mol. The van der Waals surface area contributed by atoms with Gasteiger partial charge >= 0.3 is 0 Å². The summed E-state index contributed by atoms with van der Waals surface area (Å²) in [6.07, 6.45) is 3.30. The van der Waals surface area contributed by atoms with Gasteiger partial charge in [0.05, 0.1) is 12.1 Å². The van der Waals surface area contributed by atoms with Crippen LogP contribution in [0.3, 0.4) is 0 Å². The Morgan fingerprint density at radius 3 is 2.95 bits per heavy atom. The van der Waals surface area contributed by atoms with Crippen molar-refractivity contribution in [2.24, 2.45) is 0 Å². The number of pyridine rings is 1. The van der Waals surface area contributed by atoms with Crippen molar-refractivity contribution in [1.82, 2.24) is 20.3 Å². The lowest BCUT2D eigenvalue weighted by Gasteiger charge is -2.06. The maximum atomic E-state index is 12.2. The zero-order chi connectivity index (χ0) is 13.9. The number of aromatic amines is 2. The van der Waals surface area contributed by atoms with E-state index >= 15 is 0 Å². The summed E-state index contributed by atoms with van der Waals surface area (Å²) < 4.78 is 0. The van der Waals surface area contributed by atoms with E-state index in [1.807, 2.05) is 12.1 Å². The maximum absolute atomic E-state index is 12.2. The Morgan fingerprint density at radius 1 is 1.30 bits per heavy atom. The Hall–Kier alpha value is -2.89. The lowest BCUT2D eigenvalue weighted by Crippen LogP contribution is -2.25. The zero-order valence-electron chi connectivity index (χ0n) is 10.5. The second kappa shape index (κ2) is 5.00. The monoisotopic (exact) mass is 268 g/mol. The first-order valence-corrected chi connectivity index (χ1v) is 6.12. The third-order valence-corrected chi connectivity index (χ3v) is 2.97. The van der Waals surface area contributed by atoms with Crippen LogP contribution in [-0.4, -0.2) is 20.9 Å². The summed E-state index contributed by atoms with van der Waals surface area (Å²) in [5.41, 5.74) is 0.700. The standard InChI is InChI=1S/C14H12N4O2/c19-13-7-10(9-3-1-2-4-11(9)18-13)14(20)17-8-12-15-5-6-16-12/h1-7H,8H2,(H,15,16)(H,17,20)(H,18,19). The smallest absolute Gasteiger partial charge is 0.252 e. The van der Waals surface area contributed by atoms with E-state index in [-0.39, 0.29) is 18.0 Å². The van der Waals surface area contributed by atoms with Gasteiger partial charge in [-0.15, -0.1) is 0 Å². The van der Waals surface area contributed by atoms with Crippen LogP contribution in [0.15, 0.2) is 47.5 Å². The molecule has 3 N–H and O–H groups in total. The molecule has 2 heterocycles. The fraction of sp³-hybridized carbons (Fsp3) is 0.0714. The van der Waals surface area contributed by atoms with Gasteiger partial charge in [0.25, 0.3) is 5.91 Å². The highest BCUT2D eigenvalue weighted by molar-refractivity contribution is 6.05. The summed E-state index contributed by atoms with van der Waals surface area (Å²) in [6.45, 7) is 0.285. The molecule has 0 aliphatic heterocycles. The summed E-state index contributed by atoms with van der Waals surface area (Å²) in [6, 6.07) is 8.50. The summed E-state index contributed by atoms with van der Waals surface area (Å²) in [5.74, 6) is 0.358. The van der Waals surface area contributed by atoms with Crippen LogP contribution in [-0.2, 0) is 6.54 Å².